The number of sulfonamides is 1. The summed E-state index contributed by atoms with van der Waals surface area (Å²) in [4.78, 5) is 15.8. The Labute approximate surface area is 138 Å². The number of rotatable bonds is 5. The summed E-state index contributed by atoms with van der Waals surface area (Å²) in [6.45, 7) is 0. The van der Waals surface area contributed by atoms with Crippen molar-refractivity contribution in [3.63, 3.8) is 0 Å². The van der Waals surface area contributed by atoms with E-state index in [4.69, 9.17) is 9.15 Å². The Balaban J connectivity index is 1.78. The highest BCUT2D eigenvalue weighted by Gasteiger charge is 2.19. The molecule has 7 nitrogen and oxygen atoms in total. The van der Waals surface area contributed by atoms with E-state index in [2.05, 4.69) is 4.98 Å². The first kappa shape index (κ1) is 16.0. The predicted octanol–water partition coefficient (Wildman–Crippen LogP) is 1.88. The van der Waals surface area contributed by atoms with Crippen LogP contribution in [0.5, 0.6) is 5.75 Å². The van der Waals surface area contributed by atoms with Crippen molar-refractivity contribution in [1.29, 1.82) is 0 Å². The minimum Gasteiger partial charge on any atom is -0.497 e. The molecular formula is C16H14N2O5S. The van der Waals surface area contributed by atoms with Gasteiger partial charge in [0.15, 0.2) is 0 Å². The van der Waals surface area contributed by atoms with Gasteiger partial charge in [-0.1, -0.05) is 0 Å². The van der Waals surface area contributed by atoms with Crippen LogP contribution in [-0.4, -0.2) is 26.4 Å². The number of benzene rings is 1. The molecule has 0 aliphatic rings. The van der Waals surface area contributed by atoms with E-state index in [1.165, 1.54) is 30.8 Å². The fourth-order valence-corrected chi connectivity index (χ4v) is 3.20. The Bertz CT molecular complexity index is 980. The van der Waals surface area contributed by atoms with Gasteiger partial charge in [-0.2, -0.15) is 0 Å². The molecule has 0 radical (unpaired) electrons. The largest absolute Gasteiger partial charge is 0.497 e. The molecular weight excluding hydrogens is 332 g/mol. The fourth-order valence-electron chi connectivity index (χ4n) is 2.25. The first-order valence-electron chi connectivity index (χ1n) is 6.99. The average Bonchev–Trinajstić information content (AvgIpc) is 2.97. The lowest BCUT2D eigenvalue weighted by atomic mass is 10.1. The Kier molecular flexibility index (Phi) is 4.22. The second kappa shape index (κ2) is 6.32. The molecule has 0 aliphatic carbocycles. The van der Waals surface area contributed by atoms with E-state index in [9.17, 15) is 13.2 Å². The summed E-state index contributed by atoms with van der Waals surface area (Å²) in [5.74, 6) is -0.0237. The zero-order chi connectivity index (χ0) is 17.2. The van der Waals surface area contributed by atoms with Gasteiger partial charge < -0.3 is 9.15 Å². The van der Waals surface area contributed by atoms with Crippen LogP contribution in [0.3, 0.4) is 0 Å². The first-order chi connectivity index (χ1) is 11.5. The number of methoxy groups -OCH3 is 1. The van der Waals surface area contributed by atoms with E-state index in [1.54, 1.807) is 25.3 Å². The van der Waals surface area contributed by atoms with Crippen LogP contribution < -0.4 is 9.46 Å². The summed E-state index contributed by atoms with van der Waals surface area (Å²) in [7, 11) is -2.40. The van der Waals surface area contributed by atoms with Crippen molar-refractivity contribution >= 4 is 26.9 Å². The number of carbonyl (C=O) groups excluding carboxylic acids is 1. The molecule has 0 spiro atoms. The van der Waals surface area contributed by atoms with E-state index in [-0.39, 0.29) is 11.3 Å². The molecule has 3 aromatic rings. The summed E-state index contributed by atoms with van der Waals surface area (Å²) >= 11 is 0. The quantitative estimate of drug-likeness (QED) is 0.757. The van der Waals surface area contributed by atoms with E-state index < -0.39 is 15.9 Å². The molecule has 3 rings (SSSR count). The van der Waals surface area contributed by atoms with E-state index >= 15 is 0 Å². The monoisotopic (exact) mass is 346 g/mol. The molecule has 1 N–H and O–H groups in total. The molecule has 1 amide bonds. The van der Waals surface area contributed by atoms with Gasteiger partial charge in [-0.05, 0) is 24.3 Å². The third-order valence-electron chi connectivity index (χ3n) is 3.41. The number of ether oxygens (including phenoxy) is 1. The van der Waals surface area contributed by atoms with Gasteiger partial charge in [0.1, 0.15) is 16.2 Å². The smallest absolute Gasteiger partial charge is 0.265 e. The van der Waals surface area contributed by atoms with Gasteiger partial charge in [-0.15, -0.1) is 0 Å². The molecule has 0 aliphatic heterocycles. The van der Waals surface area contributed by atoms with Gasteiger partial charge >= 0.3 is 0 Å². The van der Waals surface area contributed by atoms with E-state index in [0.717, 1.165) is 5.39 Å². The molecule has 24 heavy (non-hydrogen) atoms. The normalized spacial score (nSPS) is 11.4. The van der Waals surface area contributed by atoms with E-state index in [1.807, 2.05) is 4.72 Å². The van der Waals surface area contributed by atoms with Crippen LogP contribution in [0.4, 0.5) is 0 Å². The Morgan fingerprint density at radius 1 is 1.33 bits per heavy atom. The molecule has 8 heteroatoms. The fraction of sp³-hybridized carbons (Fsp3) is 0.125. The average molecular weight is 346 g/mol. The van der Waals surface area contributed by atoms with Crippen molar-refractivity contribution in [2.24, 2.45) is 0 Å². The lowest BCUT2D eigenvalue weighted by Crippen LogP contribution is -2.31. The van der Waals surface area contributed by atoms with Crippen molar-refractivity contribution in [3.05, 3.63) is 54.6 Å². The number of nitrogens with zero attached hydrogens (tertiary/aromatic N) is 1. The number of furan rings is 1. The Morgan fingerprint density at radius 3 is 2.88 bits per heavy atom. The summed E-state index contributed by atoms with van der Waals surface area (Å²) in [5, 5.41) is 0.727. The Morgan fingerprint density at radius 2 is 2.17 bits per heavy atom. The highest BCUT2D eigenvalue weighted by molar-refractivity contribution is 7.90. The maximum atomic E-state index is 12.1. The zero-order valence-electron chi connectivity index (χ0n) is 12.7. The number of hydrogen-bond donors (Lipinski definition) is 1. The van der Waals surface area contributed by atoms with Crippen LogP contribution in [-0.2, 0) is 21.2 Å². The van der Waals surface area contributed by atoms with Crippen molar-refractivity contribution in [1.82, 2.24) is 9.71 Å². The van der Waals surface area contributed by atoms with Crippen LogP contribution in [0.2, 0.25) is 0 Å². The molecule has 2 heterocycles. The van der Waals surface area contributed by atoms with Gasteiger partial charge in [-0.25, -0.2) is 13.1 Å². The van der Waals surface area contributed by atoms with Gasteiger partial charge in [0, 0.05) is 29.4 Å². The van der Waals surface area contributed by atoms with Gasteiger partial charge in [0.25, 0.3) is 10.0 Å². The van der Waals surface area contributed by atoms with Crippen LogP contribution in [0, 0.1) is 0 Å². The summed E-state index contributed by atoms with van der Waals surface area (Å²) in [6, 6.07) is 8.04. The highest BCUT2D eigenvalue weighted by Crippen LogP contribution is 2.25. The van der Waals surface area contributed by atoms with E-state index in [0.29, 0.717) is 16.9 Å². The second-order valence-corrected chi connectivity index (χ2v) is 6.70. The molecule has 0 fully saturated rings. The third-order valence-corrected chi connectivity index (χ3v) is 4.77. The summed E-state index contributed by atoms with van der Waals surface area (Å²) in [5.41, 5.74) is 1.15. The minimum atomic E-state index is -3.94. The minimum absolute atomic E-state index is 0.0693. The number of fused-ring (bicyclic) bond motifs is 1. The Hall–Kier alpha value is -2.87. The topological polar surface area (TPSA) is 98.5 Å². The molecule has 2 aromatic heterocycles. The van der Waals surface area contributed by atoms with Crippen LogP contribution in [0.1, 0.15) is 5.56 Å². The second-order valence-electron chi connectivity index (χ2n) is 5.02. The lowest BCUT2D eigenvalue weighted by Gasteiger charge is -2.06. The van der Waals surface area contributed by atoms with Crippen molar-refractivity contribution < 1.29 is 22.4 Å². The number of carbonyl (C=O) groups is 1. The molecule has 0 atom stereocenters. The number of nitrogens with one attached hydrogen (secondary N) is 1. The number of pyridine rings is 1. The van der Waals surface area contributed by atoms with Crippen LogP contribution in [0.15, 0.2) is 58.3 Å². The van der Waals surface area contributed by atoms with Crippen molar-refractivity contribution in [2.75, 3.05) is 7.11 Å². The molecule has 124 valence electrons. The summed E-state index contributed by atoms with van der Waals surface area (Å²) < 4.78 is 36.7. The maximum Gasteiger partial charge on any atom is 0.265 e. The van der Waals surface area contributed by atoms with Gasteiger partial charge in [-0.3, -0.25) is 9.78 Å². The predicted molar refractivity (Wildman–Crippen MR) is 86.0 cm³/mol. The first-order valence-corrected chi connectivity index (χ1v) is 8.48. The number of amides is 1. The lowest BCUT2D eigenvalue weighted by molar-refractivity contribution is -0.118. The van der Waals surface area contributed by atoms with Crippen molar-refractivity contribution in [2.45, 2.75) is 11.3 Å². The number of hydrogen-bond acceptors (Lipinski definition) is 6. The molecule has 0 saturated carbocycles. The number of aromatic nitrogens is 1. The van der Waals surface area contributed by atoms with Gasteiger partial charge in [0.05, 0.1) is 19.8 Å². The molecule has 0 saturated heterocycles. The van der Waals surface area contributed by atoms with Gasteiger partial charge in [0.2, 0.25) is 5.91 Å². The highest BCUT2D eigenvalue weighted by atomic mass is 32.2. The van der Waals surface area contributed by atoms with Crippen LogP contribution in [0.25, 0.3) is 11.0 Å². The summed E-state index contributed by atoms with van der Waals surface area (Å²) in [6.07, 6.45) is 3.93. The van der Waals surface area contributed by atoms with Crippen molar-refractivity contribution in [3.8, 4) is 5.75 Å². The molecule has 0 unspecified atom stereocenters. The third kappa shape index (κ3) is 3.23. The molecule has 0 bridgehead atoms. The SMILES string of the molecule is COc1ccc2c(CC(=O)NS(=O)(=O)c3cccnc3)coc2c1. The van der Waals surface area contributed by atoms with Crippen LogP contribution >= 0.6 is 0 Å². The zero-order valence-corrected chi connectivity index (χ0v) is 13.5. The standard InChI is InChI=1S/C16H14N2O5S/c1-22-12-4-5-14-11(10-23-15(14)8-12)7-16(19)18-24(20,21)13-3-2-6-17-9-13/h2-6,8-10H,7H2,1H3,(H,18,19). The molecule has 1 aromatic carbocycles. The maximum absolute atomic E-state index is 12.1.